The summed E-state index contributed by atoms with van der Waals surface area (Å²) >= 11 is 0. The van der Waals surface area contributed by atoms with Crippen molar-refractivity contribution in [1.29, 1.82) is 0 Å². The number of aromatic nitrogens is 2. The van der Waals surface area contributed by atoms with Crippen molar-refractivity contribution in [3.8, 4) is 0 Å². The summed E-state index contributed by atoms with van der Waals surface area (Å²) in [4.78, 5) is 14.6. The van der Waals surface area contributed by atoms with Gasteiger partial charge in [0.05, 0.1) is 5.60 Å². The third-order valence-corrected chi connectivity index (χ3v) is 6.02. The summed E-state index contributed by atoms with van der Waals surface area (Å²) in [5.74, 6) is -0.195. The van der Waals surface area contributed by atoms with Gasteiger partial charge in [-0.3, -0.25) is 9.89 Å². The molecular weight excluding hydrogens is 333 g/mol. The molecule has 2 fully saturated rings. The van der Waals surface area contributed by atoms with Gasteiger partial charge in [0.15, 0.2) is 0 Å². The first-order chi connectivity index (χ1) is 12.4. The third kappa shape index (κ3) is 2.63. The molecule has 1 amide bonds. The van der Waals surface area contributed by atoms with Crippen molar-refractivity contribution in [2.75, 3.05) is 13.1 Å². The molecule has 1 aliphatic heterocycles. The van der Waals surface area contributed by atoms with Crippen molar-refractivity contribution < 1.29 is 14.3 Å². The molecule has 3 atom stereocenters. The van der Waals surface area contributed by atoms with Crippen molar-refractivity contribution >= 4 is 5.91 Å². The van der Waals surface area contributed by atoms with Gasteiger partial charge < -0.3 is 10.0 Å². The zero-order chi connectivity index (χ0) is 18.5. The summed E-state index contributed by atoms with van der Waals surface area (Å²) in [6.45, 7) is 5.09. The van der Waals surface area contributed by atoms with Crippen LogP contribution in [0, 0.1) is 17.7 Å². The van der Waals surface area contributed by atoms with Crippen molar-refractivity contribution in [3.05, 3.63) is 53.1 Å². The number of nitrogens with one attached hydrogen (secondary N) is 1. The van der Waals surface area contributed by atoms with E-state index in [1.807, 2.05) is 13.8 Å². The summed E-state index contributed by atoms with van der Waals surface area (Å²) in [5.41, 5.74) is 0.474. The second kappa shape index (κ2) is 6.20. The van der Waals surface area contributed by atoms with Crippen LogP contribution in [0.3, 0.4) is 0 Å². The van der Waals surface area contributed by atoms with E-state index >= 15 is 0 Å². The van der Waals surface area contributed by atoms with E-state index in [4.69, 9.17) is 0 Å². The topological polar surface area (TPSA) is 69.2 Å². The van der Waals surface area contributed by atoms with E-state index in [1.54, 1.807) is 29.2 Å². The number of nitrogens with zero attached hydrogens (tertiary/aromatic N) is 2. The highest BCUT2D eigenvalue weighted by molar-refractivity contribution is 5.92. The molecule has 1 aromatic carbocycles. The standard InChI is InChI=1S/C20H24FN3O2/c1-12(2)17-9-18(23-22-17)19(25)24-10-13-7-8-20(26,15(13)11-24)14-5-3-4-6-16(14)21/h3-6,9,12-13,15,26H,7-8,10-11H2,1-2H3,(H,22,23)/t13-,15+,20+/m1/s1. The molecule has 1 aliphatic carbocycles. The van der Waals surface area contributed by atoms with E-state index in [9.17, 15) is 14.3 Å². The van der Waals surface area contributed by atoms with E-state index in [0.717, 1.165) is 12.1 Å². The quantitative estimate of drug-likeness (QED) is 0.887. The summed E-state index contributed by atoms with van der Waals surface area (Å²) in [7, 11) is 0. The van der Waals surface area contributed by atoms with Crippen molar-refractivity contribution in [2.24, 2.45) is 11.8 Å². The summed E-state index contributed by atoms with van der Waals surface area (Å²) in [6, 6.07) is 8.21. The number of carbonyl (C=O) groups is 1. The molecule has 6 heteroatoms. The Kier molecular flexibility index (Phi) is 4.10. The monoisotopic (exact) mass is 357 g/mol. The van der Waals surface area contributed by atoms with Crippen LogP contribution in [0.2, 0.25) is 0 Å². The molecule has 1 saturated carbocycles. The SMILES string of the molecule is CC(C)c1cc(C(=O)N2C[C@H]3CC[C@](O)(c4ccccc4F)[C@H]3C2)n[nH]1. The zero-order valence-electron chi connectivity index (χ0n) is 15.1. The first-order valence-corrected chi connectivity index (χ1v) is 9.22. The molecule has 4 rings (SSSR count). The molecule has 0 radical (unpaired) electrons. The Balaban J connectivity index is 1.56. The number of hydrogen-bond acceptors (Lipinski definition) is 3. The lowest BCUT2D eigenvalue weighted by molar-refractivity contribution is -0.00895. The maximum absolute atomic E-state index is 14.3. The number of hydrogen-bond donors (Lipinski definition) is 2. The normalized spacial score (nSPS) is 28.0. The minimum absolute atomic E-state index is 0.126. The van der Waals surface area contributed by atoms with Crippen LogP contribution in [0.4, 0.5) is 4.39 Å². The first kappa shape index (κ1) is 17.2. The molecule has 1 saturated heterocycles. The molecule has 0 unspecified atom stereocenters. The fourth-order valence-electron chi connectivity index (χ4n) is 4.51. The van der Waals surface area contributed by atoms with Crippen LogP contribution < -0.4 is 0 Å². The van der Waals surface area contributed by atoms with Gasteiger partial charge in [-0.25, -0.2) is 4.39 Å². The fraction of sp³-hybridized carbons (Fsp3) is 0.500. The molecule has 0 spiro atoms. The van der Waals surface area contributed by atoms with Crippen LogP contribution in [0.5, 0.6) is 0 Å². The van der Waals surface area contributed by atoms with Crippen LogP contribution in [0.15, 0.2) is 30.3 Å². The average Bonchev–Trinajstić information content (AvgIpc) is 3.32. The number of carbonyl (C=O) groups excluding carboxylic acids is 1. The molecule has 2 aromatic rings. The van der Waals surface area contributed by atoms with Gasteiger partial charge in [-0.05, 0) is 36.8 Å². The second-order valence-electron chi connectivity index (χ2n) is 7.88. The lowest BCUT2D eigenvalue weighted by atomic mass is 9.82. The molecule has 138 valence electrons. The predicted molar refractivity (Wildman–Crippen MR) is 95.1 cm³/mol. The maximum Gasteiger partial charge on any atom is 0.274 e. The van der Waals surface area contributed by atoms with E-state index in [2.05, 4.69) is 10.2 Å². The molecule has 5 nitrogen and oxygen atoms in total. The molecular formula is C20H24FN3O2. The van der Waals surface area contributed by atoms with Crippen molar-refractivity contribution in [2.45, 2.75) is 38.2 Å². The summed E-state index contributed by atoms with van der Waals surface area (Å²) in [5, 5.41) is 18.3. The Labute approximate surface area is 152 Å². The largest absolute Gasteiger partial charge is 0.385 e. The number of aromatic amines is 1. The van der Waals surface area contributed by atoms with Gasteiger partial charge in [0, 0.05) is 30.3 Å². The molecule has 1 aromatic heterocycles. The van der Waals surface area contributed by atoms with Crippen LogP contribution >= 0.6 is 0 Å². The smallest absolute Gasteiger partial charge is 0.274 e. The van der Waals surface area contributed by atoms with Gasteiger partial charge in [0.2, 0.25) is 0 Å². The second-order valence-corrected chi connectivity index (χ2v) is 7.88. The van der Waals surface area contributed by atoms with Crippen molar-refractivity contribution in [3.63, 3.8) is 0 Å². The van der Waals surface area contributed by atoms with Gasteiger partial charge in [-0.2, -0.15) is 5.10 Å². The van der Waals surface area contributed by atoms with Crippen LogP contribution in [0.1, 0.15) is 54.4 Å². The summed E-state index contributed by atoms with van der Waals surface area (Å²) < 4.78 is 14.3. The molecule has 0 bridgehead atoms. The Morgan fingerprint density at radius 1 is 1.38 bits per heavy atom. The number of likely N-dealkylation sites (tertiary alicyclic amines) is 1. The highest BCUT2D eigenvalue weighted by Gasteiger charge is 2.54. The zero-order valence-corrected chi connectivity index (χ0v) is 15.1. The Morgan fingerprint density at radius 2 is 2.15 bits per heavy atom. The predicted octanol–water partition coefficient (Wildman–Crippen LogP) is 3.04. The number of fused-ring (bicyclic) bond motifs is 1. The number of H-pyrrole nitrogens is 1. The number of amides is 1. The van der Waals surface area contributed by atoms with E-state index in [1.165, 1.54) is 6.07 Å². The number of halogens is 1. The molecule has 2 heterocycles. The van der Waals surface area contributed by atoms with Crippen LogP contribution in [-0.2, 0) is 5.60 Å². The average molecular weight is 357 g/mol. The van der Waals surface area contributed by atoms with Crippen molar-refractivity contribution in [1.82, 2.24) is 15.1 Å². The Morgan fingerprint density at radius 3 is 2.85 bits per heavy atom. The lowest BCUT2D eigenvalue weighted by Crippen LogP contribution is -2.37. The minimum atomic E-state index is -1.21. The Bertz CT molecular complexity index is 834. The van der Waals surface area contributed by atoms with Crippen LogP contribution in [-0.4, -0.2) is 39.2 Å². The summed E-state index contributed by atoms with van der Waals surface area (Å²) in [6.07, 6.45) is 1.32. The third-order valence-electron chi connectivity index (χ3n) is 6.02. The van der Waals surface area contributed by atoms with Gasteiger partial charge in [-0.1, -0.05) is 32.0 Å². The van der Waals surface area contributed by atoms with E-state index in [0.29, 0.717) is 30.8 Å². The number of rotatable bonds is 3. The fourth-order valence-corrected chi connectivity index (χ4v) is 4.51. The molecule has 2 N–H and O–H groups in total. The van der Waals surface area contributed by atoms with Crippen LogP contribution in [0.25, 0.3) is 0 Å². The number of aliphatic hydroxyl groups is 1. The highest BCUT2D eigenvalue weighted by atomic mass is 19.1. The van der Waals surface area contributed by atoms with Gasteiger partial charge in [-0.15, -0.1) is 0 Å². The molecule has 2 aliphatic rings. The van der Waals surface area contributed by atoms with E-state index in [-0.39, 0.29) is 29.5 Å². The number of benzene rings is 1. The maximum atomic E-state index is 14.3. The Hall–Kier alpha value is -2.21. The van der Waals surface area contributed by atoms with Gasteiger partial charge in [0.25, 0.3) is 5.91 Å². The highest BCUT2D eigenvalue weighted by Crippen LogP contribution is 2.51. The first-order valence-electron chi connectivity index (χ1n) is 9.22. The minimum Gasteiger partial charge on any atom is -0.385 e. The lowest BCUT2D eigenvalue weighted by Gasteiger charge is -2.31. The van der Waals surface area contributed by atoms with Gasteiger partial charge >= 0.3 is 0 Å². The molecule has 26 heavy (non-hydrogen) atoms. The van der Waals surface area contributed by atoms with E-state index < -0.39 is 5.60 Å². The van der Waals surface area contributed by atoms with Gasteiger partial charge in [0.1, 0.15) is 11.5 Å².